The van der Waals surface area contributed by atoms with Crippen LogP contribution < -0.4 is 5.73 Å². The molecule has 4 heteroatoms. The summed E-state index contributed by atoms with van der Waals surface area (Å²) < 4.78 is 0. The molecule has 0 atom stereocenters. The Hall–Kier alpha value is -0.870. The molecule has 0 aliphatic carbocycles. The van der Waals surface area contributed by atoms with Crippen LogP contribution in [0.2, 0.25) is 0 Å². The zero-order valence-corrected chi connectivity index (χ0v) is 9.93. The molecule has 0 aliphatic heterocycles. The van der Waals surface area contributed by atoms with Gasteiger partial charge in [-0.15, -0.1) is 11.3 Å². The van der Waals surface area contributed by atoms with Crippen LogP contribution in [0.5, 0.6) is 0 Å². The molecule has 1 rings (SSSR count). The van der Waals surface area contributed by atoms with Crippen molar-refractivity contribution in [2.75, 3.05) is 19.6 Å². The third-order valence-corrected chi connectivity index (χ3v) is 3.14. The van der Waals surface area contributed by atoms with Gasteiger partial charge in [0.1, 0.15) is 0 Å². The number of rotatable bonds is 6. The highest BCUT2D eigenvalue weighted by molar-refractivity contribution is 7.12. The minimum Gasteiger partial charge on any atom is -0.338 e. The summed E-state index contributed by atoms with van der Waals surface area (Å²) in [5.41, 5.74) is 5.43. The van der Waals surface area contributed by atoms with E-state index in [1.165, 1.54) is 11.3 Å². The molecule has 0 aromatic carbocycles. The molecule has 15 heavy (non-hydrogen) atoms. The number of carbonyl (C=O) groups excluding carboxylic acids is 1. The molecule has 0 saturated carbocycles. The molecule has 1 heterocycles. The minimum absolute atomic E-state index is 0.143. The second-order valence-electron chi connectivity index (χ2n) is 3.36. The standard InChI is InChI=1S/C11H18N2OS/c1-2-13(8-4-3-7-12)11(14)10-6-5-9-15-10/h5-6,9H,2-4,7-8,12H2,1H3. The predicted molar refractivity (Wildman–Crippen MR) is 64.2 cm³/mol. The summed E-state index contributed by atoms with van der Waals surface area (Å²) in [4.78, 5) is 14.6. The van der Waals surface area contributed by atoms with Crippen LogP contribution in [-0.2, 0) is 0 Å². The van der Waals surface area contributed by atoms with Crippen LogP contribution in [-0.4, -0.2) is 30.4 Å². The monoisotopic (exact) mass is 226 g/mol. The third kappa shape index (κ3) is 3.64. The van der Waals surface area contributed by atoms with Crippen molar-refractivity contribution in [2.45, 2.75) is 19.8 Å². The van der Waals surface area contributed by atoms with Gasteiger partial charge in [0.15, 0.2) is 0 Å². The lowest BCUT2D eigenvalue weighted by molar-refractivity contribution is 0.0767. The second-order valence-corrected chi connectivity index (χ2v) is 4.31. The van der Waals surface area contributed by atoms with Gasteiger partial charge in [0.25, 0.3) is 5.91 Å². The van der Waals surface area contributed by atoms with E-state index < -0.39 is 0 Å². The van der Waals surface area contributed by atoms with Gasteiger partial charge in [-0.1, -0.05) is 6.07 Å². The van der Waals surface area contributed by atoms with Gasteiger partial charge in [-0.3, -0.25) is 4.79 Å². The van der Waals surface area contributed by atoms with Crippen LogP contribution in [0, 0.1) is 0 Å². The fraction of sp³-hybridized carbons (Fsp3) is 0.545. The van der Waals surface area contributed by atoms with Gasteiger partial charge in [-0.05, 0) is 37.8 Å². The van der Waals surface area contributed by atoms with Gasteiger partial charge < -0.3 is 10.6 Å². The normalized spacial score (nSPS) is 10.3. The summed E-state index contributed by atoms with van der Waals surface area (Å²) >= 11 is 1.50. The molecule has 0 spiro atoms. The Bertz CT molecular complexity index is 285. The quantitative estimate of drug-likeness (QED) is 0.754. The Morgan fingerprint density at radius 2 is 2.33 bits per heavy atom. The van der Waals surface area contributed by atoms with Gasteiger partial charge >= 0.3 is 0 Å². The first-order valence-corrected chi connectivity index (χ1v) is 6.20. The summed E-state index contributed by atoms with van der Waals surface area (Å²) in [6.07, 6.45) is 1.97. The van der Waals surface area contributed by atoms with Gasteiger partial charge in [-0.25, -0.2) is 0 Å². The molecule has 1 aromatic heterocycles. The highest BCUT2D eigenvalue weighted by Gasteiger charge is 2.13. The molecule has 0 unspecified atom stereocenters. The Morgan fingerprint density at radius 3 is 2.87 bits per heavy atom. The van der Waals surface area contributed by atoms with Crippen molar-refractivity contribution >= 4 is 17.2 Å². The lowest BCUT2D eigenvalue weighted by Crippen LogP contribution is -2.31. The summed E-state index contributed by atoms with van der Waals surface area (Å²) in [5.74, 6) is 0.143. The highest BCUT2D eigenvalue weighted by Crippen LogP contribution is 2.12. The lowest BCUT2D eigenvalue weighted by Gasteiger charge is -2.19. The van der Waals surface area contributed by atoms with E-state index >= 15 is 0 Å². The maximum Gasteiger partial charge on any atom is 0.263 e. The van der Waals surface area contributed by atoms with E-state index in [1.54, 1.807) is 0 Å². The van der Waals surface area contributed by atoms with Crippen LogP contribution in [0.1, 0.15) is 29.4 Å². The number of nitrogens with zero attached hydrogens (tertiary/aromatic N) is 1. The average molecular weight is 226 g/mol. The number of carbonyl (C=O) groups is 1. The van der Waals surface area contributed by atoms with E-state index in [4.69, 9.17) is 5.73 Å². The summed E-state index contributed by atoms with van der Waals surface area (Å²) in [7, 11) is 0. The highest BCUT2D eigenvalue weighted by atomic mass is 32.1. The number of amides is 1. The van der Waals surface area contributed by atoms with Crippen LogP contribution in [0.25, 0.3) is 0 Å². The van der Waals surface area contributed by atoms with Crippen LogP contribution in [0.15, 0.2) is 17.5 Å². The summed E-state index contributed by atoms with van der Waals surface area (Å²) in [6.45, 7) is 4.28. The molecule has 3 nitrogen and oxygen atoms in total. The number of thiophene rings is 1. The van der Waals surface area contributed by atoms with Gasteiger partial charge in [-0.2, -0.15) is 0 Å². The number of unbranched alkanes of at least 4 members (excludes halogenated alkanes) is 1. The molecule has 1 amide bonds. The third-order valence-electron chi connectivity index (χ3n) is 2.28. The van der Waals surface area contributed by atoms with Crippen molar-refractivity contribution < 1.29 is 4.79 Å². The maximum absolute atomic E-state index is 11.9. The fourth-order valence-corrected chi connectivity index (χ4v) is 2.10. The van der Waals surface area contributed by atoms with Crippen molar-refractivity contribution in [1.29, 1.82) is 0 Å². The molecule has 1 aromatic rings. The van der Waals surface area contributed by atoms with Crippen LogP contribution >= 0.6 is 11.3 Å². The molecule has 0 radical (unpaired) electrons. The van der Waals surface area contributed by atoms with E-state index in [2.05, 4.69) is 0 Å². The SMILES string of the molecule is CCN(CCCCN)C(=O)c1cccs1. The van der Waals surface area contributed by atoms with Crippen molar-refractivity contribution in [1.82, 2.24) is 4.90 Å². The molecular formula is C11H18N2OS. The van der Waals surface area contributed by atoms with Gasteiger partial charge in [0.05, 0.1) is 4.88 Å². The first-order valence-electron chi connectivity index (χ1n) is 5.32. The van der Waals surface area contributed by atoms with Crippen LogP contribution in [0.3, 0.4) is 0 Å². The first-order chi connectivity index (χ1) is 7.29. The van der Waals surface area contributed by atoms with Crippen LogP contribution in [0.4, 0.5) is 0 Å². The number of hydrogen-bond donors (Lipinski definition) is 1. The zero-order valence-electron chi connectivity index (χ0n) is 9.11. The van der Waals surface area contributed by atoms with E-state index in [1.807, 2.05) is 29.3 Å². The molecular weight excluding hydrogens is 208 g/mol. The predicted octanol–water partition coefficient (Wildman–Crippen LogP) is 1.95. The fourth-order valence-electron chi connectivity index (χ4n) is 1.41. The van der Waals surface area contributed by atoms with Crippen molar-refractivity contribution in [3.05, 3.63) is 22.4 Å². The molecule has 0 bridgehead atoms. The topological polar surface area (TPSA) is 46.3 Å². The Kier molecular flexibility index (Phi) is 5.36. The average Bonchev–Trinajstić information content (AvgIpc) is 2.77. The largest absolute Gasteiger partial charge is 0.338 e. The smallest absolute Gasteiger partial charge is 0.263 e. The van der Waals surface area contributed by atoms with E-state index in [-0.39, 0.29) is 5.91 Å². The summed E-state index contributed by atoms with van der Waals surface area (Å²) in [6, 6.07) is 3.78. The van der Waals surface area contributed by atoms with Gasteiger partial charge in [0.2, 0.25) is 0 Å². The van der Waals surface area contributed by atoms with Crippen molar-refractivity contribution in [2.24, 2.45) is 5.73 Å². The summed E-state index contributed by atoms with van der Waals surface area (Å²) in [5, 5.41) is 1.93. The van der Waals surface area contributed by atoms with E-state index in [9.17, 15) is 4.79 Å². The molecule has 0 fully saturated rings. The molecule has 2 N–H and O–H groups in total. The minimum atomic E-state index is 0.143. The van der Waals surface area contributed by atoms with E-state index in [0.717, 1.165) is 30.8 Å². The Balaban J connectivity index is 2.47. The molecule has 0 aliphatic rings. The van der Waals surface area contributed by atoms with Crippen molar-refractivity contribution in [3.8, 4) is 0 Å². The number of nitrogens with two attached hydrogens (primary N) is 1. The first kappa shape index (κ1) is 12.2. The maximum atomic E-state index is 11.9. The van der Waals surface area contributed by atoms with Crippen molar-refractivity contribution in [3.63, 3.8) is 0 Å². The zero-order chi connectivity index (χ0) is 11.1. The second kappa shape index (κ2) is 6.58. The lowest BCUT2D eigenvalue weighted by atomic mass is 10.3. The van der Waals surface area contributed by atoms with E-state index in [0.29, 0.717) is 6.54 Å². The number of hydrogen-bond acceptors (Lipinski definition) is 3. The molecule has 84 valence electrons. The molecule has 0 saturated heterocycles. The van der Waals surface area contributed by atoms with Gasteiger partial charge in [0, 0.05) is 13.1 Å². The Morgan fingerprint density at radius 1 is 1.53 bits per heavy atom. The Labute approximate surface area is 94.9 Å².